The van der Waals surface area contributed by atoms with Gasteiger partial charge in [-0.05, 0) is 24.8 Å². The van der Waals surface area contributed by atoms with E-state index in [4.69, 9.17) is 4.74 Å². The van der Waals surface area contributed by atoms with Crippen LogP contribution < -0.4 is 15.4 Å². The van der Waals surface area contributed by atoms with Gasteiger partial charge in [-0.25, -0.2) is 13.1 Å². The number of benzene rings is 1. The lowest BCUT2D eigenvalue weighted by atomic mass is 9.96. The van der Waals surface area contributed by atoms with Crippen molar-refractivity contribution in [1.82, 2.24) is 15.4 Å². The maximum absolute atomic E-state index is 12.1. The molecule has 0 radical (unpaired) electrons. The van der Waals surface area contributed by atoms with Crippen LogP contribution in [0.25, 0.3) is 0 Å². The Morgan fingerprint density at radius 1 is 1.28 bits per heavy atom. The lowest BCUT2D eigenvalue weighted by Gasteiger charge is -2.22. The summed E-state index contributed by atoms with van der Waals surface area (Å²) in [5, 5.41) is 6.41. The molecule has 2 saturated heterocycles. The SMILES string of the molecule is CN=C(NCCS(=O)(=O)NCc1ccccc1)NC1CC2CCC1O2. The molecule has 1 aromatic carbocycles. The summed E-state index contributed by atoms with van der Waals surface area (Å²) >= 11 is 0. The van der Waals surface area contributed by atoms with Gasteiger partial charge < -0.3 is 15.4 Å². The van der Waals surface area contributed by atoms with Gasteiger partial charge in [0.15, 0.2) is 5.96 Å². The van der Waals surface area contributed by atoms with Gasteiger partial charge in [-0.2, -0.15) is 0 Å². The van der Waals surface area contributed by atoms with Gasteiger partial charge in [-0.1, -0.05) is 30.3 Å². The van der Waals surface area contributed by atoms with E-state index >= 15 is 0 Å². The van der Waals surface area contributed by atoms with Crippen molar-refractivity contribution in [1.29, 1.82) is 0 Å². The third-order valence-electron chi connectivity index (χ3n) is 4.65. The van der Waals surface area contributed by atoms with Gasteiger partial charge in [-0.15, -0.1) is 0 Å². The predicted molar refractivity (Wildman–Crippen MR) is 97.9 cm³/mol. The first-order valence-electron chi connectivity index (χ1n) is 8.69. The Morgan fingerprint density at radius 3 is 2.72 bits per heavy atom. The highest BCUT2D eigenvalue weighted by atomic mass is 32.2. The summed E-state index contributed by atoms with van der Waals surface area (Å²) in [5.74, 6) is 0.618. The zero-order chi connectivity index (χ0) is 17.7. The Hall–Kier alpha value is -1.64. The van der Waals surface area contributed by atoms with Crippen LogP contribution in [-0.2, 0) is 21.3 Å². The summed E-state index contributed by atoms with van der Waals surface area (Å²) in [6.45, 7) is 0.601. The van der Waals surface area contributed by atoms with Crippen molar-refractivity contribution in [2.75, 3.05) is 19.3 Å². The van der Waals surface area contributed by atoms with Gasteiger partial charge in [0.2, 0.25) is 10.0 Å². The topological polar surface area (TPSA) is 91.8 Å². The highest BCUT2D eigenvalue weighted by Gasteiger charge is 2.41. The Balaban J connectivity index is 1.39. The monoisotopic (exact) mass is 366 g/mol. The van der Waals surface area contributed by atoms with Crippen molar-refractivity contribution in [2.45, 2.75) is 44.1 Å². The standard InChI is InChI=1S/C17H26N4O3S/c1-18-17(21-15-11-14-7-8-16(15)24-14)19-9-10-25(22,23)20-12-13-5-3-2-4-6-13/h2-6,14-16,20H,7-12H2,1H3,(H2,18,19,21). The number of ether oxygens (including phenoxy) is 1. The molecule has 0 spiro atoms. The number of hydrogen-bond donors (Lipinski definition) is 3. The van der Waals surface area contributed by atoms with Crippen LogP contribution in [0.1, 0.15) is 24.8 Å². The van der Waals surface area contributed by atoms with E-state index in [1.54, 1.807) is 7.05 Å². The molecule has 0 aromatic heterocycles. The molecule has 0 saturated carbocycles. The van der Waals surface area contributed by atoms with Crippen LogP contribution >= 0.6 is 0 Å². The number of hydrogen-bond acceptors (Lipinski definition) is 4. The predicted octanol–water partition coefficient (Wildman–Crippen LogP) is 0.591. The molecule has 3 rings (SSSR count). The average molecular weight is 366 g/mol. The zero-order valence-corrected chi connectivity index (χ0v) is 15.3. The summed E-state index contributed by atoms with van der Waals surface area (Å²) in [6.07, 6.45) is 3.82. The minimum atomic E-state index is -3.34. The first-order valence-corrected chi connectivity index (χ1v) is 10.3. The van der Waals surface area contributed by atoms with Crippen molar-refractivity contribution in [3.63, 3.8) is 0 Å². The van der Waals surface area contributed by atoms with Gasteiger partial charge in [0.1, 0.15) is 0 Å². The molecular formula is C17H26N4O3S. The molecule has 138 valence electrons. The smallest absolute Gasteiger partial charge is 0.213 e. The molecule has 2 aliphatic heterocycles. The van der Waals surface area contributed by atoms with E-state index in [2.05, 4.69) is 20.3 Å². The minimum Gasteiger partial charge on any atom is -0.373 e. The Labute approximate surface area is 149 Å². The molecule has 0 amide bonds. The molecule has 3 atom stereocenters. The van der Waals surface area contributed by atoms with E-state index in [-0.39, 0.29) is 17.9 Å². The van der Waals surface area contributed by atoms with E-state index in [0.717, 1.165) is 24.8 Å². The fraction of sp³-hybridized carbons (Fsp3) is 0.588. The zero-order valence-electron chi connectivity index (χ0n) is 14.4. The molecular weight excluding hydrogens is 340 g/mol. The van der Waals surface area contributed by atoms with Gasteiger partial charge in [0.05, 0.1) is 24.0 Å². The van der Waals surface area contributed by atoms with E-state index in [0.29, 0.717) is 25.2 Å². The number of aliphatic imine (C=N–C) groups is 1. The largest absolute Gasteiger partial charge is 0.373 e. The second-order valence-electron chi connectivity index (χ2n) is 6.49. The van der Waals surface area contributed by atoms with E-state index in [1.165, 1.54) is 0 Å². The quantitative estimate of drug-likeness (QED) is 0.485. The van der Waals surface area contributed by atoms with Gasteiger partial charge in [0, 0.05) is 20.1 Å². The summed E-state index contributed by atoms with van der Waals surface area (Å²) in [7, 11) is -1.65. The Morgan fingerprint density at radius 2 is 2.08 bits per heavy atom. The van der Waals surface area contributed by atoms with E-state index in [1.807, 2.05) is 30.3 Å². The average Bonchev–Trinajstić information content (AvgIpc) is 3.23. The second kappa shape index (κ2) is 8.16. The maximum atomic E-state index is 12.1. The molecule has 25 heavy (non-hydrogen) atoms. The van der Waals surface area contributed by atoms with Crippen LogP contribution in [0.15, 0.2) is 35.3 Å². The summed E-state index contributed by atoms with van der Waals surface area (Å²) < 4.78 is 32.6. The third-order valence-corrected chi connectivity index (χ3v) is 5.98. The Kier molecular flexibility index (Phi) is 5.93. The number of guanidine groups is 1. The molecule has 7 nitrogen and oxygen atoms in total. The number of rotatable bonds is 7. The summed E-state index contributed by atoms with van der Waals surface area (Å²) in [5.41, 5.74) is 0.938. The number of nitrogens with one attached hydrogen (secondary N) is 3. The summed E-state index contributed by atoms with van der Waals surface area (Å²) in [6, 6.07) is 9.73. The highest BCUT2D eigenvalue weighted by Crippen LogP contribution is 2.34. The van der Waals surface area contributed by atoms with Crippen molar-refractivity contribution >= 4 is 16.0 Å². The van der Waals surface area contributed by atoms with Crippen molar-refractivity contribution in [3.05, 3.63) is 35.9 Å². The minimum absolute atomic E-state index is 0.00620. The number of fused-ring (bicyclic) bond motifs is 2. The molecule has 8 heteroatoms. The number of nitrogens with zero attached hydrogens (tertiary/aromatic N) is 1. The maximum Gasteiger partial charge on any atom is 0.213 e. The third kappa shape index (κ3) is 5.17. The molecule has 1 aromatic rings. The van der Waals surface area contributed by atoms with Gasteiger partial charge in [0.25, 0.3) is 0 Å². The summed E-state index contributed by atoms with van der Waals surface area (Å²) in [4.78, 5) is 4.17. The van der Waals surface area contributed by atoms with Crippen LogP contribution in [0.2, 0.25) is 0 Å². The van der Waals surface area contributed by atoms with Crippen LogP contribution in [-0.4, -0.2) is 52.0 Å². The lowest BCUT2D eigenvalue weighted by molar-refractivity contribution is 0.0992. The van der Waals surface area contributed by atoms with Crippen LogP contribution in [0, 0.1) is 0 Å². The molecule has 3 N–H and O–H groups in total. The molecule has 0 aliphatic carbocycles. The molecule has 3 unspecified atom stereocenters. The highest BCUT2D eigenvalue weighted by molar-refractivity contribution is 7.89. The van der Waals surface area contributed by atoms with Crippen molar-refractivity contribution in [2.24, 2.45) is 4.99 Å². The normalized spacial score (nSPS) is 26.0. The number of sulfonamides is 1. The second-order valence-corrected chi connectivity index (χ2v) is 8.41. The van der Waals surface area contributed by atoms with Crippen LogP contribution in [0.4, 0.5) is 0 Å². The lowest BCUT2D eigenvalue weighted by Crippen LogP contribution is -2.48. The molecule has 2 aliphatic rings. The van der Waals surface area contributed by atoms with Crippen LogP contribution in [0.5, 0.6) is 0 Å². The van der Waals surface area contributed by atoms with Crippen molar-refractivity contribution < 1.29 is 13.2 Å². The molecule has 2 heterocycles. The first kappa shape index (κ1) is 18.2. The fourth-order valence-corrected chi connectivity index (χ4v) is 4.23. The fourth-order valence-electron chi connectivity index (χ4n) is 3.33. The molecule has 2 bridgehead atoms. The first-order chi connectivity index (χ1) is 12.1. The van der Waals surface area contributed by atoms with E-state index in [9.17, 15) is 8.42 Å². The molecule has 2 fully saturated rings. The van der Waals surface area contributed by atoms with Gasteiger partial charge in [-0.3, -0.25) is 4.99 Å². The van der Waals surface area contributed by atoms with Crippen LogP contribution in [0.3, 0.4) is 0 Å². The Bertz CT molecular complexity index is 693. The van der Waals surface area contributed by atoms with Gasteiger partial charge >= 0.3 is 0 Å². The van der Waals surface area contributed by atoms with Crippen molar-refractivity contribution in [3.8, 4) is 0 Å². The van der Waals surface area contributed by atoms with E-state index < -0.39 is 10.0 Å².